The Morgan fingerprint density at radius 2 is 2.33 bits per heavy atom. The largest absolute Gasteiger partial charge is 0.377 e. The van der Waals surface area contributed by atoms with Crippen molar-refractivity contribution in [2.45, 2.75) is 31.8 Å². The molecule has 1 atom stereocenters. The second kappa shape index (κ2) is 3.44. The molecule has 0 aromatic heterocycles. The Balaban J connectivity index is 2.03. The molecule has 0 spiro atoms. The first-order chi connectivity index (χ1) is 5.92. The fourth-order valence-corrected chi connectivity index (χ4v) is 1.90. The van der Waals surface area contributed by atoms with Crippen LogP contribution in [0.2, 0.25) is 0 Å². The third kappa shape index (κ3) is 1.61. The summed E-state index contributed by atoms with van der Waals surface area (Å²) in [6, 6.07) is 0. The van der Waals surface area contributed by atoms with Crippen molar-refractivity contribution in [3.8, 4) is 0 Å². The molecular weight excluding hydrogens is 148 g/mol. The van der Waals surface area contributed by atoms with E-state index in [1.807, 2.05) is 7.11 Å². The fourth-order valence-electron chi connectivity index (χ4n) is 1.90. The molecule has 0 saturated heterocycles. The lowest BCUT2D eigenvalue weighted by Crippen LogP contribution is -2.17. The highest BCUT2D eigenvalue weighted by atomic mass is 16.5. The summed E-state index contributed by atoms with van der Waals surface area (Å²) in [4.78, 5) is 0. The van der Waals surface area contributed by atoms with Gasteiger partial charge in [0.1, 0.15) is 0 Å². The third-order valence-corrected chi connectivity index (χ3v) is 2.72. The van der Waals surface area contributed by atoms with Gasteiger partial charge in [0.25, 0.3) is 0 Å². The lowest BCUT2D eigenvalue weighted by atomic mass is 9.97. The first-order valence-electron chi connectivity index (χ1n) is 4.80. The highest BCUT2D eigenvalue weighted by molar-refractivity contribution is 5.22. The molecule has 1 saturated carbocycles. The minimum atomic E-state index is 0.426. The number of allylic oxidation sites excluding steroid dienone is 3. The molecule has 0 N–H and O–H groups in total. The molecule has 2 aliphatic rings. The van der Waals surface area contributed by atoms with E-state index in [2.05, 4.69) is 18.2 Å². The molecule has 0 heterocycles. The van der Waals surface area contributed by atoms with Gasteiger partial charge in [0, 0.05) is 7.11 Å². The number of rotatable bonds is 3. The maximum Gasteiger partial charge on any atom is 0.0812 e. The molecule has 0 aliphatic heterocycles. The van der Waals surface area contributed by atoms with Gasteiger partial charge in [-0.3, -0.25) is 0 Å². The van der Waals surface area contributed by atoms with Gasteiger partial charge in [0.15, 0.2) is 0 Å². The van der Waals surface area contributed by atoms with E-state index >= 15 is 0 Å². The average Bonchev–Trinajstić information content (AvgIpc) is 2.92. The first-order valence-corrected chi connectivity index (χ1v) is 4.80. The summed E-state index contributed by atoms with van der Waals surface area (Å²) >= 11 is 0. The molecule has 1 fully saturated rings. The van der Waals surface area contributed by atoms with Gasteiger partial charge in [-0.15, -0.1) is 0 Å². The summed E-state index contributed by atoms with van der Waals surface area (Å²) < 4.78 is 5.51. The number of ether oxygens (including phenoxy) is 1. The zero-order valence-electron chi connectivity index (χ0n) is 7.62. The van der Waals surface area contributed by atoms with Gasteiger partial charge in [-0.25, -0.2) is 0 Å². The molecular formula is C11H16O. The maximum absolute atomic E-state index is 5.51. The van der Waals surface area contributed by atoms with Crippen molar-refractivity contribution in [1.29, 1.82) is 0 Å². The van der Waals surface area contributed by atoms with Gasteiger partial charge in [-0.2, -0.15) is 0 Å². The van der Waals surface area contributed by atoms with Crippen LogP contribution in [-0.2, 0) is 4.74 Å². The summed E-state index contributed by atoms with van der Waals surface area (Å²) in [5.41, 5.74) is 1.50. The Morgan fingerprint density at radius 3 is 2.83 bits per heavy atom. The Morgan fingerprint density at radius 1 is 1.50 bits per heavy atom. The fraction of sp³-hybridized carbons (Fsp3) is 0.636. The number of hydrogen-bond acceptors (Lipinski definition) is 1. The third-order valence-electron chi connectivity index (χ3n) is 2.72. The van der Waals surface area contributed by atoms with E-state index in [4.69, 9.17) is 4.74 Å². The molecule has 1 heteroatoms. The van der Waals surface area contributed by atoms with E-state index in [0.29, 0.717) is 6.10 Å². The normalized spacial score (nSPS) is 25.2. The van der Waals surface area contributed by atoms with Crippen molar-refractivity contribution < 1.29 is 4.74 Å². The summed E-state index contributed by atoms with van der Waals surface area (Å²) in [5.74, 6) is 0.827. The molecule has 0 bridgehead atoms. The van der Waals surface area contributed by atoms with Crippen LogP contribution in [0, 0.1) is 5.92 Å². The standard InChI is InChI=1S/C11H16O/c1-12-11(10-7-8-10)9-5-3-2-4-6-9/h2-3,5,10-11H,4,6-8H2,1H3. The summed E-state index contributed by atoms with van der Waals surface area (Å²) in [7, 11) is 1.84. The zero-order chi connectivity index (χ0) is 8.39. The van der Waals surface area contributed by atoms with Crippen LogP contribution in [0.15, 0.2) is 23.8 Å². The van der Waals surface area contributed by atoms with Crippen LogP contribution in [0.5, 0.6) is 0 Å². The van der Waals surface area contributed by atoms with Crippen LogP contribution in [0.1, 0.15) is 25.7 Å². The van der Waals surface area contributed by atoms with E-state index in [-0.39, 0.29) is 0 Å². The quantitative estimate of drug-likeness (QED) is 0.623. The zero-order valence-corrected chi connectivity index (χ0v) is 7.62. The van der Waals surface area contributed by atoms with Crippen molar-refractivity contribution in [3.63, 3.8) is 0 Å². The van der Waals surface area contributed by atoms with Crippen molar-refractivity contribution in [1.82, 2.24) is 0 Å². The van der Waals surface area contributed by atoms with E-state index in [0.717, 1.165) is 5.92 Å². The SMILES string of the molecule is COC(C1=CC=CCC1)C1CC1. The molecule has 0 aromatic rings. The van der Waals surface area contributed by atoms with Gasteiger partial charge < -0.3 is 4.74 Å². The van der Waals surface area contributed by atoms with Crippen LogP contribution in [0.3, 0.4) is 0 Å². The van der Waals surface area contributed by atoms with Crippen LogP contribution in [0.4, 0.5) is 0 Å². The van der Waals surface area contributed by atoms with Gasteiger partial charge in [0.2, 0.25) is 0 Å². The smallest absolute Gasteiger partial charge is 0.0812 e. The summed E-state index contributed by atoms with van der Waals surface area (Å²) in [5, 5.41) is 0. The second-order valence-corrected chi connectivity index (χ2v) is 3.70. The van der Waals surface area contributed by atoms with Crippen molar-refractivity contribution in [3.05, 3.63) is 23.8 Å². The molecule has 0 radical (unpaired) electrons. The van der Waals surface area contributed by atoms with Gasteiger partial charge in [-0.05, 0) is 37.2 Å². The van der Waals surface area contributed by atoms with E-state index in [1.165, 1.54) is 31.3 Å². The van der Waals surface area contributed by atoms with E-state index in [9.17, 15) is 0 Å². The Labute approximate surface area is 74.1 Å². The minimum Gasteiger partial charge on any atom is -0.377 e. The Kier molecular flexibility index (Phi) is 2.31. The topological polar surface area (TPSA) is 9.23 Å². The van der Waals surface area contributed by atoms with Gasteiger partial charge in [0.05, 0.1) is 6.10 Å². The van der Waals surface area contributed by atoms with Crippen molar-refractivity contribution >= 4 is 0 Å². The molecule has 0 amide bonds. The maximum atomic E-state index is 5.51. The number of methoxy groups -OCH3 is 1. The highest BCUT2D eigenvalue weighted by Gasteiger charge is 2.33. The molecule has 2 rings (SSSR count). The molecule has 2 aliphatic carbocycles. The van der Waals surface area contributed by atoms with E-state index in [1.54, 1.807) is 0 Å². The Bertz CT molecular complexity index is 211. The predicted octanol–water partition coefficient (Wildman–Crippen LogP) is 2.69. The summed E-state index contributed by atoms with van der Waals surface area (Å²) in [6.07, 6.45) is 12.2. The van der Waals surface area contributed by atoms with Crippen LogP contribution in [0.25, 0.3) is 0 Å². The van der Waals surface area contributed by atoms with Crippen molar-refractivity contribution in [2.24, 2.45) is 5.92 Å². The van der Waals surface area contributed by atoms with E-state index < -0.39 is 0 Å². The Hall–Kier alpha value is -0.560. The predicted molar refractivity (Wildman–Crippen MR) is 50.0 cm³/mol. The minimum absolute atomic E-state index is 0.426. The summed E-state index contributed by atoms with van der Waals surface area (Å²) in [6.45, 7) is 0. The van der Waals surface area contributed by atoms with Crippen LogP contribution in [-0.4, -0.2) is 13.2 Å². The average molecular weight is 164 g/mol. The molecule has 12 heavy (non-hydrogen) atoms. The molecule has 1 nitrogen and oxygen atoms in total. The second-order valence-electron chi connectivity index (χ2n) is 3.70. The monoisotopic (exact) mass is 164 g/mol. The molecule has 1 unspecified atom stereocenters. The van der Waals surface area contributed by atoms with Gasteiger partial charge >= 0.3 is 0 Å². The van der Waals surface area contributed by atoms with Gasteiger partial charge in [-0.1, -0.05) is 18.2 Å². The highest BCUT2D eigenvalue weighted by Crippen LogP contribution is 2.38. The lowest BCUT2D eigenvalue weighted by Gasteiger charge is -2.19. The first kappa shape index (κ1) is 8.06. The van der Waals surface area contributed by atoms with Crippen molar-refractivity contribution in [2.75, 3.05) is 7.11 Å². The molecule has 0 aromatic carbocycles. The van der Waals surface area contributed by atoms with Crippen LogP contribution < -0.4 is 0 Å². The number of hydrogen-bond donors (Lipinski definition) is 0. The lowest BCUT2D eigenvalue weighted by molar-refractivity contribution is 0.111. The van der Waals surface area contributed by atoms with Crippen LogP contribution >= 0.6 is 0 Å². The molecule has 66 valence electrons.